The lowest BCUT2D eigenvalue weighted by Crippen LogP contribution is -2.71. The molecule has 68 heavy (non-hydrogen) atoms. The minimum atomic E-state index is -1.05. The van der Waals surface area contributed by atoms with Gasteiger partial charge in [0.25, 0.3) is 17.5 Å². The number of hydrogen-bond acceptors (Lipinski definition) is 12. The molecule has 1 aromatic heterocycles. The summed E-state index contributed by atoms with van der Waals surface area (Å²) in [6.07, 6.45) is 2.62. The Balaban J connectivity index is 0.997. The number of nitrogens with one attached hydrogen (secondary N) is 2. The van der Waals surface area contributed by atoms with Crippen molar-refractivity contribution in [3.8, 4) is 0 Å². The summed E-state index contributed by atoms with van der Waals surface area (Å²) in [5.41, 5.74) is 4.65. The number of β-lactam (4-membered cyclic amide) rings is 1. The number of nitro benzene ring substituents is 1. The summed E-state index contributed by atoms with van der Waals surface area (Å²) in [5, 5.41) is 23.5. The number of nitro groups is 1. The fraction of sp³-hybridized carbons (Fsp3) is 0.113. The first-order chi connectivity index (χ1) is 33.2. The number of thioether (sulfide) groups is 1. The van der Waals surface area contributed by atoms with Crippen LogP contribution in [0.1, 0.15) is 45.2 Å². The Morgan fingerprint density at radius 3 is 1.84 bits per heavy atom. The molecule has 15 heteroatoms. The Morgan fingerprint density at radius 1 is 0.794 bits per heavy atom. The number of fused-ring (bicyclic) bond motifs is 1. The third-order valence-electron chi connectivity index (χ3n) is 11.5. The number of nitrogens with zero attached hydrogens (tertiary/aromatic N) is 4. The molecule has 2 amide bonds. The molecule has 13 nitrogen and oxygen atoms in total. The molecule has 0 saturated carbocycles. The van der Waals surface area contributed by atoms with Crippen LogP contribution in [0.5, 0.6) is 0 Å². The summed E-state index contributed by atoms with van der Waals surface area (Å²) in [6.45, 7) is 0. The Bertz CT molecular complexity index is 2890. The third-order valence-corrected chi connectivity index (χ3v) is 13.6. The van der Waals surface area contributed by atoms with Gasteiger partial charge in [0.1, 0.15) is 35.5 Å². The van der Waals surface area contributed by atoms with Crippen molar-refractivity contribution in [2.24, 2.45) is 5.16 Å². The topological polar surface area (TPSA) is 165 Å². The van der Waals surface area contributed by atoms with Crippen LogP contribution in [0, 0.1) is 10.1 Å². The van der Waals surface area contributed by atoms with Crippen molar-refractivity contribution in [2.45, 2.75) is 23.1 Å². The second-order valence-electron chi connectivity index (χ2n) is 15.7. The van der Waals surface area contributed by atoms with E-state index in [1.807, 2.05) is 115 Å². The third kappa shape index (κ3) is 9.17. The molecule has 9 rings (SSSR count). The van der Waals surface area contributed by atoms with E-state index in [1.54, 1.807) is 29.7 Å². The van der Waals surface area contributed by atoms with Gasteiger partial charge in [-0.3, -0.25) is 24.6 Å². The number of oxime groups is 1. The van der Waals surface area contributed by atoms with Gasteiger partial charge in [0.05, 0.1) is 4.92 Å². The Hall–Kier alpha value is -8.14. The van der Waals surface area contributed by atoms with E-state index in [0.29, 0.717) is 16.3 Å². The first-order valence-electron chi connectivity index (χ1n) is 21.5. The van der Waals surface area contributed by atoms with Gasteiger partial charge in [-0.25, -0.2) is 9.78 Å². The van der Waals surface area contributed by atoms with Crippen molar-refractivity contribution in [3.63, 3.8) is 0 Å². The molecule has 2 atom stereocenters. The number of aromatic nitrogens is 1. The van der Waals surface area contributed by atoms with E-state index in [-0.39, 0.29) is 28.5 Å². The lowest BCUT2D eigenvalue weighted by molar-refractivity contribution is -0.384. The van der Waals surface area contributed by atoms with Crippen LogP contribution in [-0.4, -0.2) is 62.6 Å². The number of ether oxygens (including phenoxy) is 1. The zero-order chi connectivity index (χ0) is 47.0. The smallest absolute Gasteiger partial charge is 0.356 e. The predicted molar refractivity (Wildman–Crippen MR) is 263 cm³/mol. The maximum atomic E-state index is 14.6. The van der Waals surface area contributed by atoms with Gasteiger partial charge in [0, 0.05) is 23.3 Å². The molecule has 6 aromatic carbocycles. The van der Waals surface area contributed by atoms with Gasteiger partial charge >= 0.3 is 5.97 Å². The number of esters is 1. The van der Waals surface area contributed by atoms with Crippen LogP contribution in [0.15, 0.2) is 204 Å². The second kappa shape index (κ2) is 20.2. The average Bonchev–Trinajstić information content (AvgIpc) is 3.86. The lowest BCUT2D eigenvalue weighted by Gasteiger charge is -2.49. The average molecular weight is 939 g/mol. The molecule has 7 aromatic rings. The molecule has 1 saturated heterocycles. The summed E-state index contributed by atoms with van der Waals surface area (Å²) in [4.78, 5) is 65.4. The molecule has 0 aliphatic carbocycles. The number of allylic oxidation sites excluding steroid dienone is 1. The van der Waals surface area contributed by atoms with Crippen molar-refractivity contribution in [1.29, 1.82) is 0 Å². The maximum Gasteiger partial charge on any atom is 0.356 e. The molecule has 2 aliphatic rings. The zero-order valence-electron chi connectivity index (χ0n) is 36.4. The Labute approximate surface area is 400 Å². The van der Waals surface area contributed by atoms with E-state index in [1.165, 1.54) is 47.2 Å². The molecule has 1 unspecified atom stereocenters. The molecule has 0 radical (unpaired) electrons. The molecule has 338 valence electrons. The van der Waals surface area contributed by atoms with Gasteiger partial charge in [-0.15, -0.1) is 23.1 Å². The van der Waals surface area contributed by atoms with Gasteiger partial charge in [-0.1, -0.05) is 169 Å². The summed E-state index contributed by atoms with van der Waals surface area (Å²) in [6, 6.07) is 53.7. The van der Waals surface area contributed by atoms with Crippen molar-refractivity contribution in [2.75, 3.05) is 18.2 Å². The van der Waals surface area contributed by atoms with Crippen LogP contribution >= 0.6 is 23.1 Å². The minimum Gasteiger partial charge on any atom is -0.448 e. The van der Waals surface area contributed by atoms with Gasteiger partial charge in [0.15, 0.2) is 16.9 Å². The maximum absolute atomic E-state index is 14.6. The van der Waals surface area contributed by atoms with Crippen molar-refractivity contribution >= 4 is 63.5 Å². The molecule has 0 spiro atoms. The highest BCUT2D eigenvalue weighted by atomic mass is 32.2. The SMILES string of the molecule is CON=C(C(=O)NC1C(=O)N2C(C(=O)OC(c3ccccc3)c3ccccc3)=C(C=Cc3ccc([N+](=O)[O-])cc3)CS[C@H]12)c1csc(NC(c2ccccc2)(c2ccccc2)c2ccccc2)n1. The monoisotopic (exact) mass is 938 g/mol. The fourth-order valence-corrected chi connectivity index (χ4v) is 10.4. The van der Waals surface area contributed by atoms with E-state index in [2.05, 4.69) is 52.2 Å². The molecule has 2 N–H and O–H groups in total. The van der Waals surface area contributed by atoms with Crippen LogP contribution in [0.4, 0.5) is 10.8 Å². The standard InChI is InChI=1S/C53H42N6O7S2/c1-65-57-44(43-34-68-52(54-43)56-53(39-21-11-4-12-22-39,40-23-13-5-14-24-40)41-25-15-6-16-26-41)48(60)55-45-49(61)58-46(38(33-67-50(45)58)30-27-35-28-31-42(32-29-35)59(63)64)51(62)66-47(36-17-7-2-8-18-36)37-19-9-3-10-20-37/h2-32,34,45,47,50H,33H2,1H3,(H,54,56)(H,55,60)/t45?,50-/m1/s1. The Morgan fingerprint density at radius 2 is 1.32 bits per heavy atom. The van der Waals surface area contributed by atoms with Gasteiger partial charge < -0.3 is 20.2 Å². The van der Waals surface area contributed by atoms with E-state index < -0.39 is 45.8 Å². The zero-order valence-corrected chi connectivity index (χ0v) is 38.0. The number of thiazole rings is 1. The number of anilines is 1. The number of carbonyl (C=O) groups is 3. The first kappa shape index (κ1) is 45.0. The number of amides is 2. The van der Waals surface area contributed by atoms with Crippen LogP contribution < -0.4 is 10.6 Å². The van der Waals surface area contributed by atoms with E-state index >= 15 is 0 Å². The first-order valence-corrected chi connectivity index (χ1v) is 23.4. The van der Waals surface area contributed by atoms with Gasteiger partial charge in [-0.05, 0) is 51.1 Å². The normalized spacial score (nSPS) is 15.9. The number of carbonyl (C=O) groups excluding carboxylic acids is 3. The number of non-ortho nitro benzene ring substituents is 1. The molecule has 0 bridgehead atoms. The fourth-order valence-electron chi connectivity index (χ4n) is 8.30. The van der Waals surface area contributed by atoms with Crippen LogP contribution in [0.25, 0.3) is 6.08 Å². The van der Waals surface area contributed by atoms with Crippen molar-refractivity contribution in [3.05, 3.63) is 248 Å². The minimum absolute atomic E-state index is 0.0269. The summed E-state index contributed by atoms with van der Waals surface area (Å²) >= 11 is 2.65. The predicted octanol–water partition coefficient (Wildman–Crippen LogP) is 9.51. The van der Waals surface area contributed by atoms with Gasteiger partial charge in [0.2, 0.25) is 0 Å². The summed E-state index contributed by atoms with van der Waals surface area (Å²) < 4.78 is 6.31. The highest BCUT2D eigenvalue weighted by Crippen LogP contribution is 2.43. The number of hydrogen-bond donors (Lipinski definition) is 2. The number of benzene rings is 6. The lowest BCUT2D eigenvalue weighted by atomic mass is 9.77. The van der Waals surface area contributed by atoms with E-state index in [9.17, 15) is 24.5 Å². The van der Waals surface area contributed by atoms with E-state index in [4.69, 9.17) is 14.6 Å². The summed E-state index contributed by atoms with van der Waals surface area (Å²) in [5.74, 6) is -1.71. The van der Waals surface area contributed by atoms with Crippen molar-refractivity contribution < 1.29 is 28.9 Å². The largest absolute Gasteiger partial charge is 0.448 e. The Kier molecular flexibility index (Phi) is 13.4. The molecule has 3 heterocycles. The van der Waals surface area contributed by atoms with E-state index in [0.717, 1.165) is 27.8 Å². The highest BCUT2D eigenvalue weighted by Gasteiger charge is 2.55. The summed E-state index contributed by atoms with van der Waals surface area (Å²) in [7, 11) is 1.32. The quantitative estimate of drug-likeness (QED) is 0.0238. The van der Waals surface area contributed by atoms with Crippen LogP contribution in [-0.2, 0) is 29.5 Å². The molecule has 1 fully saturated rings. The second-order valence-corrected chi connectivity index (χ2v) is 17.6. The highest BCUT2D eigenvalue weighted by molar-refractivity contribution is 8.00. The molecular formula is C53H42N6O7S2. The number of rotatable bonds is 16. The van der Waals surface area contributed by atoms with Gasteiger partial charge in [-0.2, -0.15) is 0 Å². The molecular weight excluding hydrogens is 897 g/mol. The van der Waals surface area contributed by atoms with Crippen LogP contribution in [0.2, 0.25) is 0 Å². The molecule has 2 aliphatic heterocycles. The van der Waals surface area contributed by atoms with Crippen LogP contribution in [0.3, 0.4) is 0 Å². The van der Waals surface area contributed by atoms with Crippen molar-refractivity contribution in [1.82, 2.24) is 15.2 Å².